The van der Waals surface area contributed by atoms with Crippen LogP contribution in [0.4, 0.5) is 10.5 Å². The molecule has 43 heavy (non-hydrogen) atoms. The third kappa shape index (κ3) is 7.99. The number of non-ortho nitro benzene ring substituents is 1. The Bertz CT molecular complexity index is 1350. The highest BCUT2D eigenvalue weighted by molar-refractivity contribution is 7.86. The zero-order chi connectivity index (χ0) is 31.1. The molecule has 234 valence electrons. The number of nitro groups is 1. The van der Waals surface area contributed by atoms with Gasteiger partial charge in [-0.25, -0.2) is 4.79 Å². The summed E-state index contributed by atoms with van der Waals surface area (Å²) in [5, 5.41) is 10.9. The van der Waals surface area contributed by atoms with Crippen molar-refractivity contribution in [1.29, 1.82) is 0 Å². The lowest BCUT2D eigenvalue weighted by Gasteiger charge is -2.39. The predicted molar refractivity (Wildman–Crippen MR) is 166 cm³/mol. The number of benzene rings is 2. The monoisotopic (exact) mass is 613 g/mol. The van der Waals surface area contributed by atoms with Gasteiger partial charge >= 0.3 is 6.09 Å². The molecule has 0 aromatic heterocycles. The van der Waals surface area contributed by atoms with Gasteiger partial charge in [-0.05, 0) is 60.8 Å². The molecule has 0 N–H and O–H groups in total. The fourth-order valence-corrected chi connectivity index (χ4v) is 7.41. The molecule has 1 saturated heterocycles. The molecule has 1 amide bonds. The van der Waals surface area contributed by atoms with Crippen LogP contribution in [0.15, 0.2) is 67.3 Å². The van der Waals surface area contributed by atoms with Gasteiger partial charge in [0.05, 0.1) is 4.92 Å². The van der Waals surface area contributed by atoms with E-state index in [1.165, 1.54) is 26.3 Å². The van der Waals surface area contributed by atoms with Crippen LogP contribution in [-0.4, -0.2) is 97.3 Å². The lowest BCUT2D eigenvalue weighted by Crippen LogP contribution is -2.48. The van der Waals surface area contributed by atoms with Gasteiger partial charge < -0.3 is 14.5 Å². The van der Waals surface area contributed by atoms with Crippen molar-refractivity contribution in [2.75, 3.05) is 47.3 Å². The van der Waals surface area contributed by atoms with Gasteiger partial charge in [-0.2, -0.15) is 17.0 Å². The van der Waals surface area contributed by atoms with Crippen molar-refractivity contribution in [2.24, 2.45) is 5.92 Å². The van der Waals surface area contributed by atoms with Gasteiger partial charge in [0.25, 0.3) is 15.9 Å². The first kappa shape index (κ1) is 32.6. The minimum Gasteiger partial charge on any atom is -0.445 e. The van der Waals surface area contributed by atoms with Gasteiger partial charge in [0.1, 0.15) is 6.61 Å². The molecule has 0 spiro atoms. The van der Waals surface area contributed by atoms with Gasteiger partial charge in [-0.15, -0.1) is 6.58 Å². The molecular formula is C31H43N5O6S. The van der Waals surface area contributed by atoms with Crippen molar-refractivity contribution >= 4 is 22.0 Å². The van der Waals surface area contributed by atoms with Crippen molar-refractivity contribution < 1.29 is 22.9 Å². The maximum Gasteiger partial charge on any atom is 0.410 e. The number of carbonyl (C=O) groups is 1. The number of piperidine rings is 1. The molecule has 4 rings (SSSR count). The van der Waals surface area contributed by atoms with Crippen LogP contribution in [0.1, 0.15) is 42.7 Å². The maximum absolute atomic E-state index is 13.0. The second-order valence-electron chi connectivity index (χ2n) is 11.7. The first-order valence-corrected chi connectivity index (χ1v) is 16.1. The number of hydrogen-bond donors (Lipinski definition) is 0. The Morgan fingerprint density at radius 2 is 1.70 bits per heavy atom. The first-order valence-electron chi connectivity index (χ1n) is 14.7. The van der Waals surface area contributed by atoms with Gasteiger partial charge in [-0.3, -0.25) is 10.1 Å². The molecule has 1 unspecified atom stereocenters. The second-order valence-corrected chi connectivity index (χ2v) is 13.9. The van der Waals surface area contributed by atoms with E-state index in [9.17, 15) is 23.3 Å². The molecule has 2 fully saturated rings. The molecule has 2 aromatic rings. The predicted octanol–water partition coefficient (Wildman–Crippen LogP) is 4.48. The Labute approximate surface area is 255 Å². The Morgan fingerprint density at radius 1 is 1.05 bits per heavy atom. The smallest absolute Gasteiger partial charge is 0.410 e. The highest BCUT2D eigenvalue weighted by atomic mass is 32.2. The van der Waals surface area contributed by atoms with Crippen LogP contribution in [0.2, 0.25) is 0 Å². The van der Waals surface area contributed by atoms with Crippen molar-refractivity contribution in [3.8, 4) is 0 Å². The van der Waals surface area contributed by atoms with Crippen molar-refractivity contribution in [3.05, 3.63) is 88.5 Å². The molecule has 0 radical (unpaired) electrons. The topological polar surface area (TPSA) is 117 Å². The Balaban J connectivity index is 1.36. The van der Waals surface area contributed by atoms with E-state index in [1.54, 1.807) is 44.3 Å². The molecule has 1 aliphatic heterocycles. The first-order chi connectivity index (χ1) is 20.5. The molecule has 2 aromatic carbocycles. The largest absolute Gasteiger partial charge is 0.445 e. The molecule has 3 atom stereocenters. The molecule has 11 nitrogen and oxygen atoms in total. The summed E-state index contributed by atoms with van der Waals surface area (Å²) in [6.45, 7) is 6.73. The number of nitrogens with zero attached hydrogens (tertiary/aromatic N) is 5. The van der Waals surface area contributed by atoms with Crippen molar-refractivity contribution in [1.82, 2.24) is 18.4 Å². The van der Waals surface area contributed by atoms with Crippen LogP contribution in [0, 0.1) is 16.0 Å². The normalized spacial score (nSPS) is 21.7. The molecule has 0 bridgehead atoms. The Hall–Kier alpha value is -3.32. The molecule has 1 saturated carbocycles. The van der Waals surface area contributed by atoms with E-state index >= 15 is 0 Å². The summed E-state index contributed by atoms with van der Waals surface area (Å²) in [5.74, 6) is 0.565. The number of ether oxygens (including phenoxy) is 1. The minimum atomic E-state index is -3.51. The van der Waals surface area contributed by atoms with Gasteiger partial charge in [-0.1, -0.05) is 36.4 Å². The van der Waals surface area contributed by atoms with E-state index in [4.69, 9.17) is 4.74 Å². The fourth-order valence-electron chi connectivity index (χ4n) is 6.35. The zero-order valence-electron chi connectivity index (χ0n) is 25.2. The van der Waals surface area contributed by atoms with Gasteiger partial charge in [0.15, 0.2) is 0 Å². The Kier molecular flexibility index (Phi) is 10.9. The van der Waals surface area contributed by atoms with Gasteiger partial charge in [0, 0.05) is 71.5 Å². The number of rotatable bonds is 12. The second kappa shape index (κ2) is 14.4. The van der Waals surface area contributed by atoms with E-state index in [0.29, 0.717) is 18.0 Å². The van der Waals surface area contributed by atoms with Crippen molar-refractivity contribution in [2.45, 2.75) is 50.3 Å². The number of nitro benzene ring substituents is 1. The number of hydrogen-bond acceptors (Lipinski definition) is 7. The lowest BCUT2D eigenvalue weighted by atomic mass is 9.88. The van der Waals surface area contributed by atoms with Crippen LogP contribution in [-0.2, 0) is 21.6 Å². The number of carbonyl (C=O) groups excluding carboxylic acids is 1. The van der Waals surface area contributed by atoms with Crippen LogP contribution >= 0.6 is 0 Å². The average molecular weight is 614 g/mol. The standard InChI is InChI=1S/C31H43N5O6S/c1-5-17-35(31(37)42-23-24-11-13-28(14-12-24)36(38)39)27-15-18-34(19-16-27)22-26-20-29(33(4)43(40,41)32(2)3)21-30(26)25-9-7-6-8-10-25/h5-14,26-27,29-30H,1,15-23H2,2-4H3/t26-,29?,30-/m1/s1. The summed E-state index contributed by atoms with van der Waals surface area (Å²) < 4.78 is 34.2. The third-order valence-electron chi connectivity index (χ3n) is 8.80. The highest BCUT2D eigenvalue weighted by Crippen LogP contribution is 2.43. The highest BCUT2D eigenvalue weighted by Gasteiger charge is 2.42. The molecule has 12 heteroatoms. The fraction of sp³-hybridized carbons (Fsp3) is 0.516. The summed E-state index contributed by atoms with van der Waals surface area (Å²) in [5.41, 5.74) is 1.91. The van der Waals surface area contributed by atoms with E-state index < -0.39 is 21.2 Å². The van der Waals surface area contributed by atoms with Crippen LogP contribution < -0.4 is 0 Å². The summed E-state index contributed by atoms with van der Waals surface area (Å²) >= 11 is 0. The zero-order valence-corrected chi connectivity index (χ0v) is 26.1. The number of amides is 1. The summed E-state index contributed by atoms with van der Waals surface area (Å²) in [6, 6.07) is 16.3. The van der Waals surface area contributed by atoms with Crippen LogP contribution in [0.25, 0.3) is 0 Å². The third-order valence-corrected chi connectivity index (χ3v) is 10.7. The van der Waals surface area contributed by atoms with E-state index in [0.717, 1.165) is 45.3 Å². The summed E-state index contributed by atoms with van der Waals surface area (Å²) in [6.07, 6.45) is 4.43. The number of likely N-dealkylation sites (tertiary alicyclic amines) is 1. The molecule has 2 aliphatic rings. The average Bonchev–Trinajstić information content (AvgIpc) is 3.42. The summed E-state index contributed by atoms with van der Waals surface area (Å²) in [7, 11) is 1.31. The van der Waals surface area contributed by atoms with E-state index in [-0.39, 0.29) is 30.3 Å². The molecular weight excluding hydrogens is 570 g/mol. The van der Waals surface area contributed by atoms with Crippen LogP contribution in [0.5, 0.6) is 0 Å². The van der Waals surface area contributed by atoms with Crippen molar-refractivity contribution in [3.63, 3.8) is 0 Å². The lowest BCUT2D eigenvalue weighted by molar-refractivity contribution is -0.384. The van der Waals surface area contributed by atoms with E-state index in [2.05, 4.69) is 23.6 Å². The van der Waals surface area contributed by atoms with Crippen LogP contribution in [0.3, 0.4) is 0 Å². The maximum atomic E-state index is 13.0. The SMILES string of the molecule is C=CCN(C(=O)OCc1ccc([N+](=O)[O-])cc1)C1CCN(C[C@H]2CC(N(C)S(=O)(=O)N(C)C)C[C@@H]2c2ccccc2)CC1. The minimum absolute atomic E-state index is 0.0102. The molecule has 1 aliphatic carbocycles. The molecule has 1 heterocycles. The van der Waals surface area contributed by atoms with E-state index in [1.807, 2.05) is 18.2 Å². The summed E-state index contributed by atoms with van der Waals surface area (Å²) in [4.78, 5) is 27.6. The quantitative estimate of drug-likeness (QED) is 0.197. The van der Waals surface area contributed by atoms with Gasteiger partial charge in [0.2, 0.25) is 0 Å². The Morgan fingerprint density at radius 3 is 2.28 bits per heavy atom.